The van der Waals surface area contributed by atoms with E-state index in [4.69, 9.17) is 0 Å². The van der Waals surface area contributed by atoms with Gasteiger partial charge in [-0.1, -0.05) is 24.3 Å². The molecule has 0 saturated carbocycles. The highest BCUT2D eigenvalue weighted by Gasteiger charge is 2.25. The van der Waals surface area contributed by atoms with Crippen molar-refractivity contribution in [2.75, 3.05) is 13.6 Å². The van der Waals surface area contributed by atoms with Gasteiger partial charge in [-0.3, -0.25) is 9.59 Å². The zero-order valence-electron chi connectivity index (χ0n) is 12.0. The van der Waals surface area contributed by atoms with Crippen LogP contribution in [-0.4, -0.2) is 29.4 Å². The van der Waals surface area contributed by atoms with E-state index in [0.717, 1.165) is 12.8 Å². The number of amides is 1. The molecule has 1 aliphatic rings. The third-order valence-electron chi connectivity index (χ3n) is 4.10. The van der Waals surface area contributed by atoms with Crippen molar-refractivity contribution >= 4 is 5.91 Å². The largest absolute Gasteiger partial charge is 0.357 e. The Morgan fingerprint density at radius 2 is 2.14 bits per heavy atom. The Hall–Kier alpha value is -2.36. The minimum atomic E-state index is -0.156. The van der Waals surface area contributed by atoms with Gasteiger partial charge in [0.2, 0.25) is 0 Å². The van der Waals surface area contributed by atoms with Crippen LogP contribution in [0, 0.1) is 0 Å². The lowest BCUT2D eigenvalue weighted by molar-refractivity contribution is 0.0780. The van der Waals surface area contributed by atoms with Crippen LogP contribution in [0.2, 0.25) is 0 Å². The lowest BCUT2D eigenvalue weighted by Gasteiger charge is -2.21. The van der Waals surface area contributed by atoms with Gasteiger partial charge in [-0.05, 0) is 24.0 Å². The number of aromatic amines is 1. The SMILES string of the molecule is CN(CC1CCc2ccccc21)C(=O)c1cc(=O)cc[nH]1. The molecule has 1 amide bonds. The molecular formula is C17H18N2O2. The predicted octanol–water partition coefficient (Wildman–Crippen LogP) is 2.18. The number of nitrogens with zero attached hydrogens (tertiary/aromatic N) is 1. The number of likely N-dealkylation sites (N-methyl/N-ethyl adjacent to an activating group) is 1. The highest BCUT2D eigenvalue weighted by Crippen LogP contribution is 2.33. The first-order chi connectivity index (χ1) is 10.1. The van der Waals surface area contributed by atoms with Gasteiger partial charge in [0.25, 0.3) is 5.91 Å². The summed E-state index contributed by atoms with van der Waals surface area (Å²) in [5.74, 6) is 0.239. The van der Waals surface area contributed by atoms with Crippen LogP contribution in [0.25, 0.3) is 0 Å². The van der Waals surface area contributed by atoms with E-state index in [2.05, 4.69) is 23.2 Å². The minimum Gasteiger partial charge on any atom is -0.357 e. The van der Waals surface area contributed by atoms with Crippen molar-refractivity contribution in [3.8, 4) is 0 Å². The normalized spacial score (nSPS) is 16.5. The molecule has 0 aliphatic heterocycles. The fraction of sp³-hybridized carbons (Fsp3) is 0.294. The lowest BCUT2D eigenvalue weighted by Crippen LogP contribution is -2.31. The number of nitrogens with one attached hydrogen (secondary N) is 1. The summed E-state index contributed by atoms with van der Waals surface area (Å²) in [5, 5.41) is 0. The molecule has 1 aromatic carbocycles. The summed E-state index contributed by atoms with van der Waals surface area (Å²) < 4.78 is 0. The van der Waals surface area contributed by atoms with Crippen LogP contribution in [-0.2, 0) is 6.42 Å². The second kappa shape index (κ2) is 5.56. The molecule has 1 N–H and O–H groups in total. The molecule has 1 atom stereocenters. The van der Waals surface area contributed by atoms with E-state index in [0.29, 0.717) is 18.2 Å². The van der Waals surface area contributed by atoms with E-state index < -0.39 is 0 Å². The van der Waals surface area contributed by atoms with Crippen LogP contribution in [0.15, 0.2) is 47.4 Å². The number of carbonyl (C=O) groups is 1. The van der Waals surface area contributed by atoms with Gasteiger partial charge in [0, 0.05) is 37.8 Å². The van der Waals surface area contributed by atoms with Crippen molar-refractivity contribution in [3.05, 3.63) is 69.6 Å². The Kier molecular flexibility index (Phi) is 3.60. The molecule has 4 heteroatoms. The molecule has 1 aliphatic carbocycles. The number of aromatic nitrogens is 1. The molecule has 0 spiro atoms. The fourth-order valence-electron chi connectivity index (χ4n) is 3.02. The van der Waals surface area contributed by atoms with E-state index >= 15 is 0 Å². The van der Waals surface area contributed by atoms with Crippen molar-refractivity contribution in [2.24, 2.45) is 0 Å². The van der Waals surface area contributed by atoms with Crippen LogP contribution in [0.1, 0.15) is 34.0 Å². The van der Waals surface area contributed by atoms with Gasteiger partial charge in [0.1, 0.15) is 5.69 Å². The molecular weight excluding hydrogens is 264 g/mol. The van der Waals surface area contributed by atoms with Gasteiger partial charge in [0.15, 0.2) is 5.43 Å². The molecule has 1 aromatic heterocycles. The molecule has 1 heterocycles. The molecule has 108 valence electrons. The molecule has 4 nitrogen and oxygen atoms in total. The third kappa shape index (κ3) is 2.75. The standard InChI is InChI=1S/C17H18N2O2/c1-19(17(21)16-10-14(20)8-9-18-16)11-13-7-6-12-4-2-3-5-15(12)13/h2-5,8-10,13H,6-7,11H2,1H3,(H,18,20). The second-order valence-corrected chi connectivity index (χ2v) is 5.56. The molecule has 3 rings (SSSR count). The monoisotopic (exact) mass is 282 g/mol. The minimum absolute atomic E-state index is 0.142. The first kappa shape index (κ1) is 13.6. The van der Waals surface area contributed by atoms with Gasteiger partial charge in [0.05, 0.1) is 0 Å². The van der Waals surface area contributed by atoms with Gasteiger partial charge >= 0.3 is 0 Å². The summed E-state index contributed by atoms with van der Waals surface area (Å²) in [4.78, 5) is 28.2. The first-order valence-corrected chi connectivity index (χ1v) is 7.17. The Labute approximate surface area is 123 Å². The zero-order valence-corrected chi connectivity index (χ0v) is 12.0. The van der Waals surface area contributed by atoms with Crippen LogP contribution >= 0.6 is 0 Å². The van der Waals surface area contributed by atoms with Crippen molar-refractivity contribution in [2.45, 2.75) is 18.8 Å². The van der Waals surface area contributed by atoms with E-state index in [1.165, 1.54) is 29.5 Å². The Bertz CT molecular complexity index is 720. The Morgan fingerprint density at radius 3 is 2.95 bits per heavy atom. The summed E-state index contributed by atoms with van der Waals surface area (Å²) in [5.41, 5.74) is 2.92. The number of hydrogen-bond donors (Lipinski definition) is 1. The number of rotatable bonds is 3. The zero-order chi connectivity index (χ0) is 14.8. The maximum atomic E-state index is 12.4. The number of aryl methyl sites for hydroxylation is 1. The smallest absolute Gasteiger partial charge is 0.270 e. The number of benzene rings is 1. The van der Waals surface area contributed by atoms with Crippen LogP contribution in [0.3, 0.4) is 0 Å². The first-order valence-electron chi connectivity index (χ1n) is 7.17. The van der Waals surface area contributed by atoms with Crippen molar-refractivity contribution in [1.82, 2.24) is 9.88 Å². The number of carbonyl (C=O) groups excluding carboxylic acids is 1. The van der Waals surface area contributed by atoms with Crippen LogP contribution < -0.4 is 5.43 Å². The Morgan fingerprint density at radius 1 is 1.33 bits per heavy atom. The highest BCUT2D eigenvalue weighted by atomic mass is 16.2. The van der Waals surface area contributed by atoms with Gasteiger partial charge in [-0.2, -0.15) is 0 Å². The average Bonchev–Trinajstić information content (AvgIpc) is 2.90. The van der Waals surface area contributed by atoms with Gasteiger partial charge < -0.3 is 9.88 Å². The second-order valence-electron chi connectivity index (χ2n) is 5.56. The maximum absolute atomic E-state index is 12.4. The molecule has 0 bridgehead atoms. The molecule has 1 unspecified atom stereocenters. The van der Waals surface area contributed by atoms with E-state index in [-0.39, 0.29) is 11.3 Å². The number of hydrogen-bond acceptors (Lipinski definition) is 2. The molecule has 2 aromatic rings. The topological polar surface area (TPSA) is 53.2 Å². The van der Waals surface area contributed by atoms with Crippen molar-refractivity contribution in [1.29, 1.82) is 0 Å². The van der Waals surface area contributed by atoms with Gasteiger partial charge in [-0.15, -0.1) is 0 Å². The van der Waals surface area contributed by atoms with Crippen LogP contribution in [0.5, 0.6) is 0 Å². The summed E-state index contributed by atoms with van der Waals surface area (Å²) in [6.45, 7) is 0.673. The maximum Gasteiger partial charge on any atom is 0.270 e. The van der Waals surface area contributed by atoms with E-state index in [1.54, 1.807) is 11.9 Å². The lowest BCUT2D eigenvalue weighted by atomic mass is 10.0. The summed E-state index contributed by atoms with van der Waals surface area (Å²) in [6.07, 6.45) is 3.65. The highest BCUT2D eigenvalue weighted by molar-refractivity contribution is 5.92. The molecule has 0 radical (unpaired) electrons. The summed E-state index contributed by atoms with van der Waals surface area (Å²) in [6, 6.07) is 11.2. The van der Waals surface area contributed by atoms with Crippen molar-refractivity contribution < 1.29 is 4.79 Å². The quantitative estimate of drug-likeness (QED) is 0.938. The fourth-order valence-corrected chi connectivity index (χ4v) is 3.02. The van der Waals surface area contributed by atoms with E-state index in [9.17, 15) is 9.59 Å². The number of fused-ring (bicyclic) bond motifs is 1. The number of pyridine rings is 1. The summed E-state index contributed by atoms with van der Waals surface area (Å²) in [7, 11) is 1.79. The third-order valence-corrected chi connectivity index (χ3v) is 4.10. The summed E-state index contributed by atoms with van der Waals surface area (Å²) >= 11 is 0. The molecule has 0 saturated heterocycles. The number of H-pyrrole nitrogens is 1. The van der Waals surface area contributed by atoms with Crippen molar-refractivity contribution in [3.63, 3.8) is 0 Å². The molecule has 21 heavy (non-hydrogen) atoms. The van der Waals surface area contributed by atoms with E-state index in [1.807, 2.05) is 6.07 Å². The van der Waals surface area contributed by atoms with Gasteiger partial charge in [-0.25, -0.2) is 0 Å². The Balaban J connectivity index is 1.74. The molecule has 0 fully saturated rings. The predicted molar refractivity (Wildman–Crippen MR) is 81.5 cm³/mol. The average molecular weight is 282 g/mol. The van der Waals surface area contributed by atoms with Crippen LogP contribution in [0.4, 0.5) is 0 Å².